The van der Waals surface area contributed by atoms with Crippen LogP contribution in [-0.4, -0.2) is 30.8 Å². The highest BCUT2D eigenvalue weighted by Gasteiger charge is 2.12. The number of aromatic nitrogens is 5. The smallest absolute Gasteiger partial charge is 0.258 e. The molecule has 8 heteroatoms. The Bertz CT molecular complexity index is 780. The van der Waals surface area contributed by atoms with Gasteiger partial charge in [-0.3, -0.25) is 0 Å². The van der Waals surface area contributed by atoms with Crippen molar-refractivity contribution in [2.45, 2.75) is 12.1 Å². The minimum absolute atomic E-state index is 0.282. The molecule has 3 aromatic rings. The van der Waals surface area contributed by atoms with Crippen molar-refractivity contribution in [1.29, 1.82) is 0 Å². The molecule has 2 heterocycles. The number of hydrogen-bond donors (Lipinski definition) is 1. The van der Waals surface area contributed by atoms with Crippen molar-refractivity contribution < 1.29 is 0 Å². The molecule has 0 aliphatic carbocycles. The van der Waals surface area contributed by atoms with E-state index in [0.29, 0.717) is 16.8 Å². The van der Waals surface area contributed by atoms with Crippen molar-refractivity contribution in [3.8, 4) is 11.4 Å². The second kappa shape index (κ2) is 5.02. The largest absolute Gasteiger partial charge is 0.368 e. The Morgan fingerprint density at radius 3 is 2.70 bits per heavy atom. The van der Waals surface area contributed by atoms with Gasteiger partial charge in [-0.25, -0.2) is 0 Å². The minimum Gasteiger partial charge on any atom is -0.368 e. The Kier molecular flexibility index (Phi) is 3.35. The SMILES string of the molecule is CSc1nc(N)n2nc(-c3cc(C)cc(Br)c3)nc2n1. The lowest BCUT2D eigenvalue weighted by atomic mass is 10.1. The topological polar surface area (TPSA) is 82.0 Å². The molecule has 1 aromatic carbocycles. The van der Waals surface area contributed by atoms with E-state index in [4.69, 9.17) is 5.73 Å². The van der Waals surface area contributed by atoms with Gasteiger partial charge in [0.05, 0.1) is 0 Å². The molecule has 0 atom stereocenters. The van der Waals surface area contributed by atoms with Crippen LogP contribution in [0.2, 0.25) is 0 Å². The molecule has 0 radical (unpaired) electrons. The first-order chi connectivity index (χ1) is 9.56. The molecular weight excluding hydrogens is 340 g/mol. The van der Waals surface area contributed by atoms with E-state index in [1.54, 1.807) is 0 Å². The highest BCUT2D eigenvalue weighted by atomic mass is 79.9. The maximum absolute atomic E-state index is 5.87. The zero-order valence-corrected chi connectivity index (χ0v) is 13.2. The third-order valence-corrected chi connectivity index (χ3v) is 3.70. The number of nitrogens with two attached hydrogens (primary N) is 1. The predicted octanol–water partition coefficient (Wildman–Crippen LogP) is 2.56. The second-order valence-corrected chi connectivity index (χ2v) is 5.92. The summed E-state index contributed by atoms with van der Waals surface area (Å²) in [5.74, 6) is 1.31. The molecule has 20 heavy (non-hydrogen) atoms. The van der Waals surface area contributed by atoms with Gasteiger partial charge in [-0.15, -0.1) is 5.10 Å². The molecule has 0 bridgehead atoms. The van der Waals surface area contributed by atoms with Crippen LogP contribution in [0.1, 0.15) is 5.56 Å². The van der Waals surface area contributed by atoms with Crippen molar-refractivity contribution in [3.05, 3.63) is 28.2 Å². The fourth-order valence-electron chi connectivity index (χ4n) is 1.86. The van der Waals surface area contributed by atoms with Crippen LogP contribution in [-0.2, 0) is 0 Å². The summed E-state index contributed by atoms with van der Waals surface area (Å²) < 4.78 is 2.43. The molecule has 0 unspecified atom stereocenters. The zero-order valence-electron chi connectivity index (χ0n) is 10.8. The van der Waals surface area contributed by atoms with Crippen molar-refractivity contribution in [1.82, 2.24) is 24.6 Å². The van der Waals surface area contributed by atoms with E-state index in [0.717, 1.165) is 15.6 Å². The van der Waals surface area contributed by atoms with E-state index >= 15 is 0 Å². The van der Waals surface area contributed by atoms with Crippen molar-refractivity contribution >= 4 is 39.4 Å². The van der Waals surface area contributed by atoms with Gasteiger partial charge in [-0.1, -0.05) is 27.7 Å². The number of aryl methyl sites for hydroxylation is 1. The van der Waals surface area contributed by atoms with E-state index in [9.17, 15) is 0 Å². The summed E-state index contributed by atoms with van der Waals surface area (Å²) in [6.07, 6.45) is 1.89. The molecule has 0 aliphatic rings. The lowest BCUT2D eigenvalue weighted by molar-refractivity contribution is 0.851. The summed E-state index contributed by atoms with van der Waals surface area (Å²) >= 11 is 4.89. The normalized spacial score (nSPS) is 11.2. The summed E-state index contributed by atoms with van der Waals surface area (Å²) in [6, 6.07) is 6.00. The van der Waals surface area contributed by atoms with Gasteiger partial charge in [0.25, 0.3) is 5.78 Å². The first kappa shape index (κ1) is 13.3. The molecule has 0 fully saturated rings. The molecule has 0 saturated heterocycles. The number of nitrogens with zero attached hydrogens (tertiary/aromatic N) is 5. The average molecular weight is 351 g/mol. The quantitative estimate of drug-likeness (QED) is 0.715. The maximum Gasteiger partial charge on any atom is 0.258 e. The van der Waals surface area contributed by atoms with Crippen LogP contribution in [0.4, 0.5) is 5.95 Å². The van der Waals surface area contributed by atoms with Crippen molar-refractivity contribution in [2.24, 2.45) is 0 Å². The van der Waals surface area contributed by atoms with E-state index in [1.807, 2.05) is 31.4 Å². The fraction of sp³-hybridized carbons (Fsp3) is 0.167. The summed E-state index contributed by atoms with van der Waals surface area (Å²) in [7, 11) is 0. The highest BCUT2D eigenvalue weighted by molar-refractivity contribution is 9.10. The Morgan fingerprint density at radius 1 is 1.20 bits per heavy atom. The fourth-order valence-corrected chi connectivity index (χ4v) is 2.83. The number of rotatable bonds is 2. The molecule has 6 nitrogen and oxygen atoms in total. The lowest BCUT2D eigenvalue weighted by Crippen LogP contribution is -2.04. The number of thioether (sulfide) groups is 1. The summed E-state index contributed by atoms with van der Waals surface area (Å²) in [5.41, 5.74) is 7.90. The van der Waals surface area contributed by atoms with Gasteiger partial charge < -0.3 is 5.73 Å². The molecule has 0 amide bonds. The van der Waals surface area contributed by atoms with Crippen LogP contribution in [0.3, 0.4) is 0 Å². The van der Waals surface area contributed by atoms with E-state index in [1.165, 1.54) is 16.3 Å². The van der Waals surface area contributed by atoms with E-state index in [2.05, 4.69) is 36.0 Å². The Morgan fingerprint density at radius 2 is 2.00 bits per heavy atom. The summed E-state index contributed by atoms with van der Waals surface area (Å²) in [4.78, 5) is 12.9. The van der Waals surface area contributed by atoms with E-state index in [-0.39, 0.29) is 5.95 Å². The molecule has 0 aliphatic heterocycles. The van der Waals surface area contributed by atoms with Gasteiger partial charge in [0.2, 0.25) is 5.95 Å². The van der Waals surface area contributed by atoms with Gasteiger partial charge in [-0.2, -0.15) is 19.5 Å². The van der Waals surface area contributed by atoms with Gasteiger partial charge in [0.15, 0.2) is 11.0 Å². The molecule has 3 rings (SSSR count). The second-order valence-electron chi connectivity index (χ2n) is 4.23. The Balaban J connectivity index is 2.20. The number of benzene rings is 1. The summed E-state index contributed by atoms with van der Waals surface area (Å²) in [6.45, 7) is 2.02. The zero-order chi connectivity index (χ0) is 14.3. The molecule has 2 N–H and O–H groups in total. The van der Waals surface area contributed by atoms with Crippen LogP contribution >= 0.6 is 27.7 Å². The van der Waals surface area contributed by atoms with Crippen LogP contribution < -0.4 is 5.73 Å². The van der Waals surface area contributed by atoms with Crippen LogP contribution in [0.5, 0.6) is 0 Å². The van der Waals surface area contributed by atoms with Crippen LogP contribution in [0.15, 0.2) is 27.8 Å². The molecular formula is C12H11BrN6S. The van der Waals surface area contributed by atoms with Gasteiger partial charge >= 0.3 is 0 Å². The number of fused-ring (bicyclic) bond motifs is 1. The van der Waals surface area contributed by atoms with Crippen molar-refractivity contribution in [3.63, 3.8) is 0 Å². The van der Waals surface area contributed by atoms with Gasteiger partial charge in [0, 0.05) is 10.0 Å². The lowest BCUT2D eigenvalue weighted by Gasteiger charge is -1.99. The van der Waals surface area contributed by atoms with Crippen LogP contribution in [0.25, 0.3) is 17.2 Å². The Labute approximate surface area is 128 Å². The Hall–Kier alpha value is -1.67. The third-order valence-electron chi connectivity index (χ3n) is 2.70. The predicted molar refractivity (Wildman–Crippen MR) is 82.6 cm³/mol. The average Bonchev–Trinajstić information content (AvgIpc) is 2.82. The number of halogens is 1. The monoisotopic (exact) mass is 350 g/mol. The maximum atomic E-state index is 5.87. The van der Waals surface area contributed by atoms with Gasteiger partial charge in [0.1, 0.15) is 0 Å². The first-order valence-electron chi connectivity index (χ1n) is 5.78. The number of hydrogen-bond acceptors (Lipinski definition) is 6. The third kappa shape index (κ3) is 2.36. The van der Waals surface area contributed by atoms with E-state index < -0.39 is 0 Å². The van der Waals surface area contributed by atoms with Crippen molar-refractivity contribution in [2.75, 3.05) is 12.0 Å². The molecule has 0 saturated carbocycles. The standard InChI is InChI=1S/C12H11BrN6S/c1-6-3-7(5-8(13)4-6)9-15-11-17-12(20-2)16-10(14)19(11)18-9/h3-5H,1-2H3,(H2,14,15,16,17,18). The number of anilines is 1. The van der Waals surface area contributed by atoms with Gasteiger partial charge in [-0.05, 0) is 36.9 Å². The first-order valence-corrected chi connectivity index (χ1v) is 7.80. The molecule has 0 spiro atoms. The molecule has 102 valence electrons. The van der Waals surface area contributed by atoms with Crippen LogP contribution in [0, 0.1) is 6.92 Å². The number of nitrogen functional groups attached to an aromatic ring is 1. The minimum atomic E-state index is 0.282. The summed E-state index contributed by atoms with van der Waals surface area (Å²) in [5, 5.41) is 4.95. The highest BCUT2D eigenvalue weighted by Crippen LogP contribution is 2.23. The molecule has 2 aromatic heterocycles.